The molecule has 1 heterocycles. The van der Waals surface area contributed by atoms with Crippen LogP contribution in [0.15, 0.2) is 16.9 Å². The Kier molecular flexibility index (Phi) is 4.64. The quantitative estimate of drug-likeness (QED) is 0.805. The van der Waals surface area contributed by atoms with Gasteiger partial charge in [-0.25, -0.2) is 0 Å². The van der Waals surface area contributed by atoms with Gasteiger partial charge in [0, 0.05) is 12.7 Å². The summed E-state index contributed by atoms with van der Waals surface area (Å²) >= 11 is 3.34. The summed E-state index contributed by atoms with van der Waals surface area (Å²) in [7, 11) is 1.53. The molecule has 0 aliphatic heterocycles. The van der Waals surface area contributed by atoms with Crippen LogP contribution in [0, 0.1) is 0 Å². The first kappa shape index (κ1) is 11.7. The largest absolute Gasteiger partial charge is 0.437 e. The van der Waals surface area contributed by atoms with Crippen molar-refractivity contribution in [1.82, 2.24) is 14.6 Å². The minimum Gasteiger partial charge on any atom is -0.437 e. The van der Waals surface area contributed by atoms with Crippen molar-refractivity contribution in [3.63, 3.8) is 0 Å². The van der Waals surface area contributed by atoms with Crippen LogP contribution < -0.4 is 0 Å². The molecular formula is C8H15BBrN3O. The van der Waals surface area contributed by atoms with Crippen LogP contribution in [0.25, 0.3) is 0 Å². The van der Waals surface area contributed by atoms with Gasteiger partial charge >= 0.3 is 7.05 Å². The fraction of sp³-hybridized carbons (Fsp3) is 0.625. The molecule has 0 aliphatic rings. The summed E-state index contributed by atoms with van der Waals surface area (Å²) < 4.78 is 2.89. The third-order valence-corrected chi connectivity index (χ3v) is 2.55. The lowest BCUT2D eigenvalue weighted by molar-refractivity contribution is 0.397. The second-order valence-corrected chi connectivity index (χ2v) is 4.30. The first-order valence-electron chi connectivity index (χ1n) is 4.66. The van der Waals surface area contributed by atoms with Gasteiger partial charge in [0.15, 0.2) is 0 Å². The van der Waals surface area contributed by atoms with Gasteiger partial charge in [0.25, 0.3) is 0 Å². The maximum Gasteiger partial charge on any atom is 0.376 e. The third-order valence-electron chi connectivity index (χ3n) is 2.14. The van der Waals surface area contributed by atoms with E-state index in [-0.39, 0.29) is 7.05 Å². The van der Waals surface area contributed by atoms with Crippen molar-refractivity contribution in [3.8, 4) is 0 Å². The van der Waals surface area contributed by atoms with E-state index in [0.29, 0.717) is 0 Å². The molecule has 0 aromatic carbocycles. The number of nitrogens with zero attached hydrogens (tertiary/aromatic N) is 3. The van der Waals surface area contributed by atoms with E-state index in [2.05, 4.69) is 21.0 Å². The maximum atomic E-state index is 9.22. The maximum absolute atomic E-state index is 9.22. The van der Waals surface area contributed by atoms with Gasteiger partial charge in [0.1, 0.15) is 0 Å². The molecule has 1 rings (SSSR count). The predicted molar refractivity (Wildman–Crippen MR) is 61.0 cm³/mol. The number of hydrogen-bond acceptors (Lipinski definition) is 3. The third kappa shape index (κ3) is 3.81. The van der Waals surface area contributed by atoms with Gasteiger partial charge in [-0.3, -0.25) is 4.68 Å². The number of rotatable bonds is 5. The average Bonchev–Trinajstić information content (AvgIpc) is 2.51. The molecule has 0 aliphatic carbocycles. The van der Waals surface area contributed by atoms with Crippen molar-refractivity contribution in [3.05, 3.63) is 16.9 Å². The number of halogens is 1. The van der Waals surface area contributed by atoms with E-state index < -0.39 is 0 Å². The van der Waals surface area contributed by atoms with E-state index in [4.69, 9.17) is 0 Å². The SMILES string of the molecule is CB(O)N(C)CCCn1cc(Br)cn1. The summed E-state index contributed by atoms with van der Waals surface area (Å²) in [6.45, 7) is 3.52. The highest BCUT2D eigenvalue weighted by molar-refractivity contribution is 9.10. The van der Waals surface area contributed by atoms with Crippen LogP contribution in [0.4, 0.5) is 0 Å². The van der Waals surface area contributed by atoms with Crippen LogP contribution in [-0.4, -0.2) is 40.3 Å². The lowest BCUT2D eigenvalue weighted by Crippen LogP contribution is -2.34. The van der Waals surface area contributed by atoms with Gasteiger partial charge in [-0.1, -0.05) is 0 Å². The Balaban J connectivity index is 2.22. The Morgan fingerprint density at radius 1 is 1.71 bits per heavy atom. The second kappa shape index (κ2) is 5.53. The molecule has 0 atom stereocenters. The molecule has 0 bridgehead atoms. The van der Waals surface area contributed by atoms with Crippen molar-refractivity contribution in [2.24, 2.45) is 0 Å². The molecule has 0 unspecified atom stereocenters. The van der Waals surface area contributed by atoms with E-state index in [0.717, 1.165) is 24.0 Å². The lowest BCUT2D eigenvalue weighted by Gasteiger charge is -2.16. The van der Waals surface area contributed by atoms with Gasteiger partial charge in [0.2, 0.25) is 0 Å². The van der Waals surface area contributed by atoms with Gasteiger partial charge in [-0.2, -0.15) is 5.10 Å². The standard InChI is InChI=1S/C8H15BBrN3O/c1-9(14)12(2)4-3-5-13-7-8(10)6-11-13/h6-7,14H,3-5H2,1-2H3. The van der Waals surface area contributed by atoms with Gasteiger partial charge in [-0.05, 0) is 42.8 Å². The van der Waals surface area contributed by atoms with E-state index in [1.165, 1.54) is 0 Å². The summed E-state index contributed by atoms with van der Waals surface area (Å²) in [6.07, 6.45) is 4.70. The number of hydrogen-bond donors (Lipinski definition) is 1. The van der Waals surface area contributed by atoms with E-state index in [9.17, 15) is 5.02 Å². The molecule has 0 radical (unpaired) electrons. The highest BCUT2D eigenvalue weighted by Gasteiger charge is 2.09. The summed E-state index contributed by atoms with van der Waals surface area (Å²) in [5.41, 5.74) is 0. The highest BCUT2D eigenvalue weighted by Crippen LogP contribution is 2.06. The Bertz CT molecular complexity index is 279. The summed E-state index contributed by atoms with van der Waals surface area (Å²) in [6, 6.07) is 0. The smallest absolute Gasteiger partial charge is 0.376 e. The Morgan fingerprint density at radius 3 is 2.93 bits per heavy atom. The van der Waals surface area contributed by atoms with Gasteiger partial charge in [0.05, 0.1) is 10.7 Å². The zero-order valence-electron chi connectivity index (χ0n) is 8.52. The molecule has 78 valence electrons. The lowest BCUT2D eigenvalue weighted by atomic mass is 9.86. The van der Waals surface area contributed by atoms with Crippen molar-refractivity contribution in [1.29, 1.82) is 0 Å². The molecule has 4 nitrogen and oxygen atoms in total. The van der Waals surface area contributed by atoms with Crippen molar-refractivity contribution in [2.75, 3.05) is 13.6 Å². The first-order chi connectivity index (χ1) is 6.59. The van der Waals surface area contributed by atoms with E-state index in [1.54, 1.807) is 13.0 Å². The monoisotopic (exact) mass is 259 g/mol. The molecule has 0 amide bonds. The fourth-order valence-corrected chi connectivity index (χ4v) is 1.46. The molecule has 1 aromatic rings. The van der Waals surface area contributed by atoms with Crippen LogP contribution in [-0.2, 0) is 6.54 Å². The van der Waals surface area contributed by atoms with E-state index >= 15 is 0 Å². The molecule has 0 saturated carbocycles. The molecular weight excluding hydrogens is 245 g/mol. The Labute approximate surface area is 93.2 Å². The summed E-state index contributed by atoms with van der Waals surface area (Å²) in [5.74, 6) is 0. The summed E-state index contributed by atoms with van der Waals surface area (Å²) in [4.78, 5) is 1.90. The van der Waals surface area contributed by atoms with Crippen LogP contribution in [0.1, 0.15) is 6.42 Å². The van der Waals surface area contributed by atoms with Gasteiger partial charge < -0.3 is 9.83 Å². The minimum absolute atomic E-state index is 0.376. The van der Waals surface area contributed by atoms with Crippen molar-refractivity contribution in [2.45, 2.75) is 19.8 Å². The fourth-order valence-electron chi connectivity index (χ4n) is 1.13. The minimum atomic E-state index is -0.376. The molecule has 1 aromatic heterocycles. The number of aromatic nitrogens is 2. The summed E-state index contributed by atoms with van der Waals surface area (Å²) in [5, 5.41) is 13.4. The Hall–Kier alpha value is -0.325. The van der Waals surface area contributed by atoms with Gasteiger partial charge in [-0.15, -0.1) is 0 Å². The zero-order valence-corrected chi connectivity index (χ0v) is 10.1. The van der Waals surface area contributed by atoms with Crippen molar-refractivity contribution < 1.29 is 5.02 Å². The normalized spacial score (nSPS) is 10.9. The van der Waals surface area contributed by atoms with E-state index in [1.807, 2.05) is 22.7 Å². The second-order valence-electron chi connectivity index (χ2n) is 3.39. The molecule has 0 fully saturated rings. The highest BCUT2D eigenvalue weighted by atomic mass is 79.9. The van der Waals surface area contributed by atoms with Crippen molar-refractivity contribution >= 4 is 23.0 Å². The van der Waals surface area contributed by atoms with Crippen LogP contribution in [0.3, 0.4) is 0 Å². The molecule has 14 heavy (non-hydrogen) atoms. The molecule has 0 spiro atoms. The molecule has 1 N–H and O–H groups in total. The van der Waals surface area contributed by atoms with Crippen LogP contribution >= 0.6 is 15.9 Å². The molecule has 0 saturated heterocycles. The zero-order chi connectivity index (χ0) is 10.6. The number of aryl methyl sites for hydroxylation is 1. The molecule has 6 heteroatoms. The van der Waals surface area contributed by atoms with Crippen LogP contribution in [0.2, 0.25) is 6.82 Å². The predicted octanol–water partition coefficient (Wildman–Crippen LogP) is 1.08. The Morgan fingerprint density at radius 2 is 2.43 bits per heavy atom. The topological polar surface area (TPSA) is 41.3 Å². The average molecular weight is 260 g/mol. The van der Waals surface area contributed by atoms with Crippen LogP contribution in [0.5, 0.6) is 0 Å². The first-order valence-corrected chi connectivity index (χ1v) is 5.45.